The van der Waals surface area contributed by atoms with Crippen molar-refractivity contribution in [1.29, 1.82) is 0 Å². The van der Waals surface area contributed by atoms with Gasteiger partial charge in [-0.1, -0.05) is 57.2 Å². The normalized spacial score (nSPS) is 26.9. The second kappa shape index (κ2) is 9.85. The minimum absolute atomic E-state index is 0.0474. The van der Waals surface area contributed by atoms with Crippen LogP contribution in [0.2, 0.25) is 18.1 Å². The average molecular weight is 501 g/mol. The lowest BCUT2D eigenvalue weighted by molar-refractivity contribution is -0.238. The van der Waals surface area contributed by atoms with Crippen molar-refractivity contribution in [2.45, 2.75) is 76.3 Å². The molecule has 2 aromatic rings. The number of hydrogen-bond acceptors (Lipinski definition) is 7. The van der Waals surface area contributed by atoms with Crippen molar-refractivity contribution < 1.29 is 33.3 Å². The summed E-state index contributed by atoms with van der Waals surface area (Å²) in [5.41, 5.74) is -0.632. The maximum atomic E-state index is 13.0. The smallest absolute Gasteiger partial charge is 0.338 e. The third-order valence-corrected chi connectivity index (χ3v) is 11.3. The van der Waals surface area contributed by atoms with E-state index < -0.39 is 43.9 Å². The van der Waals surface area contributed by atoms with Crippen LogP contribution >= 0.6 is 0 Å². The van der Waals surface area contributed by atoms with Crippen molar-refractivity contribution in [3.63, 3.8) is 0 Å². The molecule has 1 fully saturated rings. The standard InChI is InChI=1S/C27H36O7Si/c1-25(2,3)35(6,7)31-18-26(4)21(32-23(28)19-14-10-8-11-15-19)22(27(5,30)34-26)33-24(29)20-16-12-9-13-17-20/h8-17,21-22,30H,18H2,1-7H3/t21-,22+,26+,27+/m0/s1. The van der Waals surface area contributed by atoms with E-state index in [4.69, 9.17) is 18.6 Å². The number of esters is 2. The molecule has 0 aromatic heterocycles. The molecule has 4 atom stereocenters. The Kier molecular flexibility index (Phi) is 7.62. The molecule has 1 saturated heterocycles. The predicted molar refractivity (Wildman–Crippen MR) is 135 cm³/mol. The van der Waals surface area contributed by atoms with Gasteiger partial charge in [-0.2, -0.15) is 0 Å². The molecule has 0 amide bonds. The summed E-state index contributed by atoms with van der Waals surface area (Å²) in [6.45, 7) is 13.7. The van der Waals surface area contributed by atoms with Gasteiger partial charge in [0.05, 0.1) is 17.7 Å². The van der Waals surface area contributed by atoms with Crippen molar-refractivity contribution in [1.82, 2.24) is 0 Å². The Hall–Kier alpha value is -2.52. The lowest BCUT2D eigenvalue weighted by Gasteiger charge is -2.40. The van der Waals surface area contributed by atoms with Crippen LogP contribution in [0, 0.1) is 0 Å². The molecular weight excluding hydrogens is 464 g/mol. The van der Waals surface area contributed by atoms with Crippen molar-refractivity contribution in [3.8, 4) is 0 Å². The van der Waals surface area contributed by atoms with Gasteiger partial charge in [-0.3, -0.25) is 0 Å². The van der Waals surface area contributed by atoms with Crippen LogP contribution in [0.3, 0.4) is 0 Å². The van der Waals surface area contributed by atoms with Gasteiger partial charge in [0.1, 0.15) is 5.60 Å². The molecule has 3 rings (SSSR count). The van der Waals surface area contributed by atoms with E-state index >= 15 is 0 Å². The van der Waals surface area contributed by atoms with Gasteiger partial charge in [-0.15, -0.1) is 0 Å². The van der Waals surface area contributed by atoms with E-state index in [0.717, 1.165) is 0 Å². The second-order valence-electron chi connectivity index (χ2n) is 10.9. The molecule has 190 valence electrons. The van der Waals surface area contributed by atoms with E-state index in [1.165, 1.54) is 6.92 Å². The van der Waals surface area contributed by atoms with Crippen LogP contribution in [0.25, 0.3) is 0 Å². The Labute approximate surface area is 208 Å². The van der Waals surface area contributed by atoms with Crippen molar-refractivity contribution in [3.05, 3.63) is 71.8 Å². The second-order valence-corrected chi connectivity index (χ2v) is 15.7. The summed E-state index contributed by atoms with van der Waals surface area (Å²) < 4.78 is 24.0. The summed E-state index contributed by atoms with van der Waals surface area (Å²) in [6, 6.07) is 16.9. The van der Waals surface area contributed by atoms with Gasteiger partial charge in [-0.25, -0.2) is 9.59 Å². The molecule has 0 radical (unpaired) electrons. The highest BCUT2D eigenvalue weighted by Crippen LogP contribution is 2.43. The number of ether oxygens (including phenoxy) is 3. The molecule has 1 N–H and O–H groups in total. The Morgan fingerprint density at radius 1 is 0.886 bits per heavy atom. The van der Waals surface area contributed by atoms with Crippen molar-refractivity contribution in [2.24, 2.45) is 0 Å². The minimum atomic E-state index is -2.22. The van der Waals surface area contributed by atoms with E-state index in [1.807, 2.05) is 0 Å². The molecule has 1 aliphatic rings. The number of rotatable bonds is 7. The zero-order valence-corrected chi connectivity index (χ0v) is 22.5. The van der Waals surface area contributed by atoms with Crippen LogP contribution in [0.5, 0.6) is 0 Å². The average Bonchev–Trinajstić information content (AvgIpc) is 2.98. The molecule has 8 heteroatoms. The van der Waals surface area contributed by atoms with Crippen LogP contribution in [-0.4, -0.2) is 55.6 Å². The predicted octanol–water partition coefficient (Wildman–Crippen LogP) is 4.96. The molecular formula is C27H36O7Si. The first-order chi connectivity index (χ1) is 16.2. The van der Waals surface area contributed by atoms with E-state index in [2.05, 4.69) is 33.9 Å². The van der Waals surface area contributed by atoms with Crippen molar-refractivity contribution in [2.75, 3.05) is 6.61 Å². The molecule has 0 spiro atoms. The largest absolute Gasteiger partial charge is 0.451 e. The van der Waals surface area contributed by atoms with Gasteiger partial charge in [0.2, 0.25) is 5.79 Å². The highest BCUT2D eigenvalue weighted by Gasteiger charge is 2.63. The SMILES string of the molecule is CC(C)(C)[Si](C)(C)OC[C@@]1(C)O[C@@](C)(O)[C@H](OC(=O)c2ccccc2)[C@@H]1OC(=O)c1ccccc1. The van der Waals surface area contributed by atoms with Gasteiger partial charge in [0.25, 0.3) is 0 Å². The molecule has 0 aliphatic carbocycles. The monoisotopic (exact) mass is 500 g/mol. The van der Waals surface area contributed by atoms with Crippen molar-refractivity contribution >= 4 is 20.3 Å². The summed E-state index contributed by atoms with van der Waals surface area (Å²) in [5.74, 6) is -3.19. The summed E-state index contributed by atoms with van der Waals surface area (Å²) in [7, 11) is -2.22. The molecule has 0 bridgehead atoms. The van der Waals surface area contributed by atoms with E-state index in [0.29, 0.717) is 11.1 Å². The van der Waals surface area contributed by atoms with E-state index in [1.54, 1.807) is 67.6 Å². The van der Waals surface area contributed by atoms with Gasteiger partial charge >= 0.3 is 11.9 Å². The summed E-state index contributed by atoms with van der Waals surface area (Å²) in [6.07, 6.45) is -2.40. The molecule has 0 unspecified atom stereocenters. The highest BCUT2D eigenvalue weighted by molar-refractivity contribution is 6.74. The first-order valence-corrected chi connectivity index (χ1v) is 14.7. The zero-order valence-electron chi connectivity index (χ0n) is 21.5. The van der Waals surface area contributed by atoms with Crippen LogP contribution in [0.15, 0.2) is 60.7 Å². The van der Waals surface area contributed by atoms with Gasteiger partial charge < -0.3 is 23.7 Å². The Bertz CT molecular complexity index is 1030. The highest BCUT2D eigenvalue weighted by atomic mass is 28.4. The summed E-state index contributed by atoms with van der Waals surface area (Å²) in [4.78, 5) is 25.9. The zero-order chi connectivity index (χ0) is 26.1. The lowest BCUT2D eigenvalue weighted by Crippen LogP contribution is -2.52. The fourth-order valence-corrected chi connectivity index (χ4v) is 4.79. The first-order valence-electron chi connectivity index (χ1n) is 11.7. The van der Waals surface area contributed by atoms with Gasteiger partial charge in [0.15, 0.2) is 20.5 Å². The molecule has 7 nitrogen and oxygen atoms in total. The molecule has 2 aromatic carbocycles. The first kappa shape index (κ1) is 27.1. The minimum Gasteiger partial charge on any atom is -0.451 e. The molecule has 1 aliphatic heterocycles. The molecule has 35 heavy (non-hydrogen) atoms. The van der Waals surface area contributed by atoms with Gasteiger partial charge in [-0.05, 0) is 56.2 Å². The van der Waals surface area contributed by atoms with Gasteiger partial charge in [0, 0.05) is 0 Å². The fraction of sp³-hybridized carbons (Fsp3) is 0.481. The third-order valence-electron chi connectivity index (χ3n) is 6.86. The fourth-order valence-electron chi connectivity index (χ4n) is 3.71. The number of carbonyl (C=O) groups excluding carboxylic acids is 2. The topological polar surface area (TPSA) is 91.3 Å². The third kappa shape index (κ3) is 6.01. The number of aliphatic hydroxyl groups is 1. The molecule has 1 heterocycles. The lowest BCUT2D eigenvalue weighted by atomic mass is 9.96. The number of hydrogen-bond donors (Lipinski definition) is 1. The Balaban J connectivity index is 1.93. The van der Waals surface area contributed by atoms with Crippen LogP contribution < -0.4 is 0 Å². The summed E-state index contributed by atoms with van der Waals surface area (Å²) >= 11 is 0. The van der Waals surface area contributed by atoms with Crippen LogP contribution in [-0.2, 0) is 18.6 Å². The maximum Gasteiger partial charge on any atom is 0.338 e. The van der Waals surface area contributed by atoms with Crippen LogP contribution in [0.1, 0.15) is 55.3 Å². The number of benzene rings is 2. The number of carbonyl (C=O) groups is 2. The Morgan fingerprint density at radius 3 is 1.74 bits per heavy atom. The quantitative estimate of drug-likeness (QED) is 0.424. The molecule has 0 saturated carbocycles. The Morgan fingerprint density at radius 2 is 1.31 bits per heavy atom. The van der Waals surface area contributed by atoms with E-state index in [-0.39, 0.29) is 11.6 Å². The van der Waals surface area contributed by atoms with Crippen LogP contribution in [0.4, 0.5) is 0 Å². The maximum absolute atomic E-state index is 13.0. The van der Waals surface area contributed by atoms with E-state index in [9.17, 15) is 14.7 Å². The summed E-state index contributed by atoms with van der Waals surface area (Å²) in [5, 5.41) is 11.1.